The number of nitrogen functional groups attached to an aromatic ring is 1. The SMILES string of the molecule is C[C@]1(F)C(n2cnc3c(N)ncnc32)O[C@H](CO)[C@@H]1O. The Hall–Kier alpha value is -1.84. The monoisotopic (exact) mass is 283 g/mol. The summed E-state index contributed by atoms with van der Waals surface area (Å²) >= 11 is 0. The van der Waals surface area contributed by atoms with Crippen molar-refractivity contribution in [2.45, 2.75) is 31.0 Å². The first-order valence-corrected chi connectivity index (χ1v) is 6.03. The molecule has 0 spiro atoms. The zero-order valence-corrected chi connectivity index (χ0v) is 10.6. The molecular formula is C11H14FN5O3. The van der Waals surface area contributed by atoms with Crippen LogP contribution in [0, 0.1) is 0 Å². The van der Waals surface area contributed by atoms with Gasteiger partial charge in [0.25, 0.3) is 0 Å². The van der Waals surface area contributed by atoms with Gasteiger partial charge in [0.2, 0.25) is 0 Å². The van der Waals surface area contributed by atoms with E-state index in [9.17, 15) is 9.50 Å². The molecule has 108 valence electrons. The smallest absolute Gasteiger partial charge is 0.181 e. The molecule has 2 aromatic heterocycles. The number of ether oxygens (including phenoxy) is 1. The van der Waals surface area contributed by atoms with E-state index in [4.69, 9.17) is 15.6 Å². The van der Waals surface area contributed by atoms with Gasteiger partial charge in [0, 0.05) is 0 Å². The normalized spacial score (nSPS) is 33.9. The third-order valence-corrected chi connectivity index (χ3v) is 3.54. The number of aliphatic hydroxyl groups is 2. The maximum atomic E-state index is 14.7. The molecule has 1 aliphatic heterocycles. The van der Waals surface area contributed by atoms with Crippen molar-refractivity contribution in [3.8, 4) is 0 Å². The molecule has 1 saturated heterocycles. The molecule has 0 aromatic carbocycles. The van der Waals surface area contributed by atoms with E-state index in [1.807, 2.05) is 0 Å². The van der Waals surface area contributed by atoms with E-state index in [2.05, 4.69) is 15.0 Å². The number of alkyl halides is 1. The van der Waals surface area contributed by atoms with Gasteiger partial charge in [-0.15, -0.1) is 0 Å². The van der Waals surface area contributed by atoms with Crippen LogP contribution in [0.1, 0.15) is 13.2 Å². The fourth-order valence-electron chi connectivity index (χ4n) is 2.40. The average Bonchev–Trinajstić information content (AvgIpc) is 2.92. The van der Waals surface area contributed by atoms with Crippen molar-refractivity contribution in [2.75, 3.05) is 12.3 Å². The highest BCUT2D eigenvalue weighted by atomic mass is 19.1. The fourth-order valence-corrected chi connectivity index (χ4v) is 2.40. The summed E-state index contributed by atoms with van der Waals surface area (Å²) in [6.45, 7) is 0.718. The Bertz CT molecular complexity index is 646. The standard InChI is InChI=1S/C11H14FN5O3/c1-11(12)7(19)5(2-18)20-10(11)17-4-16-6-8(13)14-3-15-9(6)17/h3-5,7,10,18-19H,2H2,1H3,(H2,13,14,15)/t5-,7+,10?,11-/m1/s1. The number of aromatic nitrogens is 4. The number of halogens is 1. The summed E-state index contributed by atoms with van der Waals surface area (Å²) in [4.78, 5) is 11.8. The van der Waals surface area contributed by atoms with E-state index in [1.54, 1.807) is 0 Å². The maximum Gasteiger partial charge on any atom is 0.181 e. The van der Waals surface area contributed by atoms with Crippen molar-refractivity contribution in [1.29, 1.82) is 0 Å². The Kier molecular flexibility index (Phi) is 2.85. The maximum absolute atomic E-state index is 14.7. The molecule has 4 N–H and O–H groups in total. The lowest BCUT2D eigenvalue weighted by Gasteiger charge is -2.24. The third kappa shape index (κ3) is 1.67. The Balaban J connectivity index is 2.10. The van der Waals surface area contributed by atoms with Gasteiger partial charge in [-0.05, 0) is 6.92 Å². The van der Waals surface area contributed by atoms with Gasteiger partial charge < -0.3 is 20.7 Å². The number of hydrogen-bond acceptors (Lipinski definition) is 7. The van der Waals surface area contributed by atoms with Crippen LogP contribution in [0.3, 0.4) is 0 Å². The van der Waals surface area contributed by atoms with Gasteiger partial charge in [0.15, 0.2) is 23.4 Å². The topological polar surface area (TPSA) is 119 Å². The molecule has 0 bridgehead atoms. The summed E-state index contributed by atoms with van der Waals surface area (Å²) in [6, 6.07) is 0. The molecule has 3 heterocycles. The van der Waals surface area contributed by atoms with Crippen LogP contribution in [0.5, 0.6) is 0 Å². The highest BCUT2D eigenvalue weighted by Gasteiger charge is 2.55. The first kappa shape index (κ1) is 13.2. The van der Waals surface area contributed by atoms with Crippen LogP contribution in [0.25, 0.3) is 11.2 Å². The summed E-state index contributed by atoms with van der Waals surface area (Å²) in [7, 11) is 0. The Morgan fingerprint density at radius 2 is 2.25 bits per heavy atom. The third-order valence-electron chi connectivity index (χ3n) is 3.54. The largest absolute Gasteiger partial charge is 0.394 e. The molecule has 2 aromatic rings. The predicted molar refractivity (Wildman–Crippen MR) is 66.3 cm³/mol. The van der Waals surface area contributed by atoms with Crippen LogP contribution in [-0.2, 0) is 4.74 Å². The van der Waals surface area contributed by atoms with E-state index in [1.165, 1.54) is 24.1 Å². The van der Waals surface area contributed by atoms with Gasteiger partial charge in [-0.25, -0.2) is 19.3 Å². The summed E-state index contributed by atoms with van der Waals surface area (Å²) in [5.74, 6) is 0.173. The highest BCUT2D eigenvalue weighted by molar-refractivity contribution is 5.81. The average molecular weight is 283 g/mol. The second kappa shape index (κ2) is 4.33. The number of rotatable bonds is 2. The number of fused-ring (bicyclic) bond motifs is 1. The van der Waals surface area contributed by atoms with Gasteiger partial charge in [-0.3, -0.25) is 4.57 Å². The minimum atomic E-state index is -2.10. The minimum absolute atomic E-state index is 0.173. The molecule has 1 fully saturated rings. The van der Waals surface area contributed by atoms with Crippen molar-refractivity contribution in [3.05, 3.63) is 12.7 Å². The Morgan fingerprint density at radius 1 is 1.50 bits per heavy atom. The van der Waals surface area contributed by atoms with Gasteiger partial charge in [-0.1, -0.05) is 0 Å². The van der Waals surface area contributed by atoms with Crippen molar-refractivity contribution in [2.24, 2.45) is 0 Å². The van der Waals surface area contributed by atoms with E-state index in [0.29, 0.717) is 11.2 Å². The first-order valence-electron chi connectivity index (χ1n) is 6.03. The lowest BCUT2D eigenvalue weighted by Crippen LogP contribution is -2.40. The second-order valence-corrected chi connectivity index (χ2v) is 4.89. The summed E-state index contributed by atoms with van der Waals surface area (Å²) in [5, 5.41) is 19.0. The lowest BCUT2D eigenvalue weighted by molar-refractivity contribution is -0.0566. The van der Waals surface area contributed by atoms with E-state index < -0.39 is 30.7 Å². The summed E-state index contributed by atoms with van der Waals surface area (Å²) in [6.07, 6.45) is -1.06. The molecule has 0 saturated carbocycles. The number of hydrogen-bond donors (Lipinski definition) is 3. The lowest BCUT2D eigenvalue weighted by atomic mass is 9.98. The van der Waals surface area contributed by atoms with Crippen molar-refractivity contribution >= 4 is 17.0 Å². The van der Waals surface area contributed by atoms with E-state index >= 15 is 0 Å². The quantitative estimate of drug-likeness (QED) is 0.672. The van der Waals surface area contributed by atoms with E-state index in [0.717, 1.165) is 0 Å². The Labute approximate surface area is 113 Å². The van der Waals surface area contributed by atoms with Crippen molar-refractivity contribution in [1.82, 2.24) is 19.5 Å². The highest BCUT2D eigenvalue weighted by Crippen LogP contribution is 2.42. The molecule has 0 amide bonds. The van der Waals surface area contributed by atoms with Crippen molar-refractivity contribution in [3.63, 3.8) is 0 Å². The second-order valence-electron chi connectivity index (χ2n) is 4.89. The minimum Gasteiger partial charge on any atom is -0.394 e. The first-order chi connectivity index (χ1) is 9.46. The predicted octanol–water partition coefficient (Wildman–Crippen LogP) is -0.613. The fraction of sp³-hybridized carbons (Fsp3) is 0.545. The van der Waals surface area contributed by atoms with Crippen LogP contribution < -0.4 is 5.73 Å². The van der Waals surface area contributed by atoms with Crippen LogP contribution >= 0.6 is 0 Å². The number of aliphatic hydroxyl groups excluding tert-OH is 2. The van der Waals surface area contributed by atoms with Gasteiger partial charge >= 0.3 is 0 Å². The van der Waals surface area contributed by atoms with Gasteiger partial charge in [0.1, 0.15) is 24.1 Å². The molecule has 3 rings (SSSR count). The molecule has 8 nitrogen and oxygen atoms in total. The van der Waals surface area contributed by atoms with Gasteiger partial charge in [0.05, 0.1) is 12.9 Å². The van der Waals surface area contributed by atoms with Crippen molar-refractivity contribution < 1.29 is 19.3 Å². The van der Waals surface area contributed by atoms with Crippen LogP contribution in [0.4, 0.5) is 10.2 Å². The van der Waals surface area contributed by atoms with Gasteiger partial charge in [-0.2, -0.15) is 0 Å². The molecule has 20 heavy (non-hydrogen) atoms. The molecule has 0 radical (unpaired) electrons. The molecule has 1 aliphatic rings. The molecule has 0 aliphatic carbocycles. The number of anilines is 1. The summed E-state index contributed by atoms with van der Waals surface area (Å²) < 4.78 is 21.4. The van der Waals surface area contributed by atoms with Crippen LogP contribution in [0.2, 0.25) is 0 Å². The van der Waals surface area contributed by atoms with Crippen LogP contribution in [-0.4, -0.2) is 54.2 Å². The molecule has 4 atom stereocenters. The summed E-state index contributed by atoms with van der Waals surface area (Å²) in [5.41, 5.74) is 4.20. The zero-order valence-electron chi connectivity index (χ0n) is 10.6. The number of nitrogens with two attached hydrogens (primary N) is 1. The molecular weight excluding hydrogens is 269 g/mol. The Morgan fingerprint density at radius 3 is 2.90 bits per heavy atom. The molecule has 1 unspecified atom stereocenters. The van der Waals surface area contributed by atoms with E-state index in [-0.39, 0.29) is 5.82 Å². The number of nitrogens with zero attached hydrogens (tertiary/aromatic N) is 4. The van der Waals surface area contributed by atoms with Crippen LogP contribution in [0.15, 0.2) is 12.7 Å². The molecule has 9 heteroatoms. The number of imidazole rings is 1. The zero-order chi connectivity index (χ0) is 14.5.